The monoisotopic (exact) mass is 281 g/mol. The molecule has 4 nitrogen and oxygen atoms in total. The first-order chi connectivity index (χ1) is 9.99. The van der Waals surface area contributed by atoms with Crippen molar-refractivity contribution in [2.24, 2.45) is 0 Å². The van der Waals surface area contributed by atoms with Gasteiger partial charge in [-0.25, -0.2) is 4.98 Å². The number of nitrogens with one attached hydrogen (secondary N) is 1. The molecule has 0 saturated carbocycles. The predicted octanol–water partition coefficient (Wildman–Crippen LogP) is 2.56. The highest BCUT2D eigenvalue weighted by atomic mass is 15.1. The lowest BCUT2D eigenvalue weighted by atomic mass is 9.94. The Kier molecular flexibility index (Phi) is 4.13. The molecule has 0 atom stereocenters. The minimum Gasteiger partial charge on any atom is -0.378 e. The Morgan fingerprint density at radius 1 is 1.24 bits per heavy atom. The van der Waals surface area contributed by atoms with Crippen LogP contribution >= 0.6 is 0 Å². The number of aryl methyl sites for hydroxylation is 1. The van der Waals surface area contributed by atoms with Crippen molar-refractivity contribution in [2.75, 3.05) is 24.7 Å². The molecule has 1 heterocycles. The van der Waals surface area contributed by atoms with Crippen LogP contribution in [0, 0.1) is 18.3 Å². The summed E-state index contributed by atoms with van der Waals surface area (Å²) < 4.78 is 0. The van der Waals surface area contributed by atoms with Crippen LogP contribution in [0.3, 0.4) is 0 Å². The van der Waals surface area contributed by atoms with E-state index in [1.165, 1.54) is 0 Å². The number of aromatic nitrogens is 1. The van der Waals surface area contributed by atoms with Gasteiger partial charge in [0.2, 0.25) is 0 Å². The molecular weight excluding hydrogens is 260 g/mol. The number of anilines is 2. The molecule has 4 heteroatoms. The van der Waals surface area contributed by atoms with Crippen molar-refractivity contribution in [2.45, 2.75) is 20.3 Å². The highest BCUT2D eigenvalue weighted by Gasteiger charge is 2.19. The van der Waals surface area contributed by atoms with Crippen LogP contribution in [0.5, 0.6) is 0 Å². The molecule has 0 saturated heterocycles. The van der Waals surface area contributed by atoms with Crippen molar-refractivity contribution < 1.29 is 4.98 Å². The maximum atomic E-state index is 9.43. The molecule has 0 radical (unpaired) electrons. The summed E-state index contributed by atoms with van der Waals surface area (Å²) in [7, 11) is 4.01. The zero-order valence-corrected chi connectivity index (χ0v) is 13.0. The highest BCUT2D eigenvalue weighted by molar-refractivity contribution is 5.78. The summed E-state index contributed by atoms with van der Waals surface area (Å²) in [6.07, 6.45) is 0.852. The number of rotatable bonds is 3. The second kappa shape index (κ2) is 5.84. The lowest BCUT2D eigenvalue weighted by Gasteiger charge is -2.15. The summed E-state index contributed by atoms with van der Waals surface area (Å²) in [5.74, 6) is 0.437. The lowest BCUT2D eigenvalue weighted by molar-refractivity contribution is -0.373. The summed E-state index contributed by atoms with van der Waals surface area (Å²) in [5, 5.41) is 9.43. The average molecular weight is 281 g/mol. The quantitative estimate of drug-likeness (QED) is 0.940. The summed E-state index contributed by atoms with van der Waals surface area (Å²) in [4.78, 5) is 5.18. The lowest BCUT2D eigenvalue weighted by Crippen LogP contribution is -2.20. The van der Waals surface area contributed by atoms with Gasteiger partial charge in [0.15, 0.2) is 0 Å². The SMILES string of the molecule is CCc1[nH+]c(N)c(C#N)c(-c2ccc(N(C)C)cc2)c1C. The third-order valence-electron chi connectivity index (χ3n) is 3.77. The fourth-order valence-corrected chi connectivity index (χ4v) is 2.55. The fourth-order valence-electron chi connectivity index (χ4n) is 2.55. The fraction of sp³-hybridized carbons (Fsp3) is 0.294. The number of nitrogens with zero attached hydrogens (tertiary/aromatic N) is 2. The van der Waals surface area contributed by atoms with Gasteiger partial charge in [-0.05, 0) is 24.6 Å². The van der Waals surface area contributed by atoms with E-state index in [4.69, 9.17) is 5.73 Å². The van der Waals surface area contributed by atoms with E-state index in [2.05, 4.69) is 30.1 Å². The molecule has 21 heavy (non-hydrogen) atoms. The molecule has 3 N–H and O–H groups in total. The smallest absolute Gasteiger partial charge is 0.289 e. The standard InChI is InChI=1S/C17H20N4/c1-5-15-11(2)16(14(10-18)17(19)20-15)12-6-8-13(9-7-12)21(3)4/h6-9H,5H2,1-4H3,(H2,19,20)/p+1. The van der Waals surface area contributed by atoms with Crippen LogP contribution in [0.25, 0.3) is 11.1 Å². The van der Waals surface area contributed by atoms with Gasteiger partial charge in [-0.1, -0.05) is 19.1 Å². The zero-order chi connectivity index (χ0) is 15.6. The number of H-pyrrole nitrogens is 1. The molecule has 0 aliphatic carbocycles. The summed E-state index contributed by atoms with van der Waals surface area (Å²) in [6, 6.07) is 10.4. The van der Waals surface area contributed by atoms with Gasteiger partial charge in [-0.15, -0.1) is 0 Å². The van der Waals surface area contributed by atoms with Gasteiger partial charge in [0.25, 0.3) is 5.82 Å². The summed E-state index contributed by atoms with van der Waals surface area (Å²) in [6.45, 7) is 4.11. The van der Waals surface area contributed by atoms with E-state index < -0.39 is 0 Å². The highest BCUT2D eigenvalue weighted by Crippen LogP contribution is 2.31. The topological polar surface area (TPSA) is 67.2 Å². The molecule has 0 spiro atoms. The van der Waals surface area contributed by atoms with Gasteiger partial charge >= 0.3 is 0 Å². The molecule has 0 bridgehead atoms. The van der Waals surface area contributed by atoms with E-state index in [1.54, 1.807) is 0 Å². The van der Waals surface area contributed by atoms with Crippen LogP contribution in [0.1, 0.15) is 23.7 Å². The molecule has 2 aromatic rings. The number of aromatic amines is 1. The molecule has 1 aromatic heterocycles. The molecule has 0 aliphatic rings. The largest absolute Gasteiger partial charge is 0.378 e. The van der Waals surface area contributed by atoms with E-state index in [0.717, 1.165) is 34.5 Å². The Bertz CT molecular complexity index is 693. The summed E-state index contributed by atoms with van der Waals surface area (Å²) in [5.41, 5.74) is 11.7. The van der Waals surface area contributed by atoms with Crippen molar-refractivity contribution in [3.63, 3.8) is 0 Å². The van der Waals surface area contributed by atoms with Gasteiger partial charge in [0.1, 0.15) is 17.3 Å². The number of nitriles is 1. The van der Waals surface area contributed by atoms with Gasteiger partial charge in [-0.2, -0.15) is 5.26 Å². The molecule has 0 fully saturated rings. The number of nitrogens with two attached hydrogens (primary N) is 1. The second-order valence-corrected chi connectivity index (χ2v) is 5.30. The van der Waals surface area contributed by atoms with Gasteiger partial charge in [0.05, 0.1) is 0 Å². The van der Waals surface area contributed by atoms with Crippen LogP contribution in [0.4, 0.5) is 11.5 Å². The molecule has 108 valence electrons. The average Bonchev–Trinajstić information content (AvgIpc) is 2.48. The number of benzene rings is 1. The van der Waals surface area contributed by atoms with E-state index in [9.17, 15) is 5.26 Å². The van der Waals surface area contributed by atoms with Crippen molar-refractivity contribution >= 4 is 11.5 Å². The molecular formula is C17H21N4+. The van der Waals surface area contributed by atoms with Crippen LogP contribution in [-0.2, 0) is 6.42 Å². The Morgan fingerprint density at radius 3 is 2.33 bits per heavy atom. The maximum Gasteiger partial charge on any atom is 0.289 e. The Hall–Kier alpha value is -2.54. The molecule has 0 amide bonds. The predicted molar refractivity (Wildman–Crippen MR) is 86.0 cm³/mol. The number of pyridine rings is 1. The number of hydrogen-bond donors (Lipinski definition) is 1. The van der Waals surface area contributed by atoms with Gasteiger partial charge < -0.3 is 4.90 Å². The first kappa shape index (κ1) is 14.9. The summed E-state index contributed by atoms with van der Waals surface area (Å²) >= 11 is 0. The van der Waals surface area contributed by atoms with Crippen molar-refractivity contribution in [3.05, 3.63) is 41.1 Å². The first-order valence-corrected chi connectivity index (χ1v) is 7.01. The number of hydrogen-bond acceptors (Lipinski definition) is 3. The molecule has 0 unspecified atom stereocenters. The third-order valence-corrected chi connectivity index (χ3v) is 3.77. The zero-order valence-electron chi connectivity index (χ0n) is 13.0. The van der Waals surface area contributed by atoms with Crippen molar-refractivity contribution in [1.29, 1.82) is 5.26 Å². The molecule has 0 aliphatic heterocycles. The third kappa shape index (κ3) is 2.68. The number of nitrogen functional groups attached to an aromatic ring is 1. The van der Waals surface area contributed by atoms with Crippen molar-refractivity contribution in [1.82, 2.24) is 0 Å². The van der Waals surface area contributed by atoms with Crippen molar-refractivity contribution in [3.8, 4) is 17.2 Å². The molecule has 2 rings (SSSR count). The second-order valence-electron chi connectivity index (χ2n) is 5.30. The maximum absolute atomic E-state index is 9.43. The minimum atomic E-state index is 0.437. The van der Waals surface area contributed by atoms with Crippen LogP contribution in [-0.4, -0.2) is 14.1 Å². The van der Waals surface area contributed by atoms with Gasteiger partial charge in [-0.3, -0.25) is 5.73 Å². The van der Waals surface area contributed by atoms with E-state index >= 15 is 0 Å². The van der Waals surface area contributed by atoms with Crippen LogP contribution < -0.4 is 15.6 Å². The van der Waals surface area contributed by atoms with E-state index in [-0.39, 0.29) is 0 Å². The first-order valence-electron chi connectivity index (χ1n) is 7.01. The van der Waals surface area contributed by atoms with Gasteiger partial charge in [0, 0.05) is 37.3 Å². The molecule has 1 aromatic carbocycles. The Morgan fingerprint density at radius 2 is 1.86 bits per heavy atom. The Balaban J connectivity index is 2.67. The normalized spacial score (nSPS) is 10.2. The van der Waals surface area contributed by atoms with E-state index in [0.29, 0.717) is 11.4 Å². The van der Waals surface area contributed by atoms with Crippen LogP contribution in [0.2, 0.25) is 0 Å². The van der Waals surface area contributed by atoms with Crippen LogP contribution in [0.15, 0.2) is 24.3 Å². The van der Waals surface area contributed by atoms with E-state index in [1.807, 2.05) is 38.1 Å². The minimum absolute atomic E-state index is 0.437. The Labute approximate surface area is 125 Å².